The Kier molecular flexibility index (Phi) is 8.95. The van der Waals surface area contributed by atoms with Crippen molar-refractivity contribution in [2.24, 2.45) is 4.99 Å². The van der Waals surface area contributed by atoms with E-state index < -0.39 is 0 Å². The molecule has 1 fully saturated rings. The molecule has 0 heterocycles. The number of hydrogen-bond donors (Lipinski definition) is 3. The van der Waals surface area contributed by atoms with Gasteiger partial charge in [-0.15, -0.1) is 0 Å². The number of aliphatic imine (C=N–C) groups is 1. The van der Waals surface area contributed by atoms with Gasteiger partial charge in [-0.25, -0.2) is 4.99 Å². The molecule has 27 heavy (non-hydrogen) atoms. The number of carbonyl (C=O) groups excluding carboxylic acids is 1. The first kappa shape index (κ1) is 21.1. The molecule has 1 aliphatic carbocycles. The van der Waals surface area contributed by atoms with Gasteiger partial charge in [0.15, 0.2) is 5.96 Å². The topological polar surface area (TPSA) is 74.8 Å². The van der Waals surface area contributed by atoms with Crippen molar-refractivity contribution in [3.63, 3.8) is 0 Å². The molecule has 0 unspecified atom stereocenters. The molecule has 2 rings (SSSR count). The molecule has 0 atom stereocenters. The minimum absolute atomic E-state index is 0.113. The zero-order valence-corrected chi connectivity index (χ0v) is 16.9. The van der Waals surface area contributed by atoms with Gasteiger partial charge in [0.05, 0.1) is 13.2 Å². The van der Waals surface area contributed by atoms with E-state index in [1.165, 1.54) is 18.4 Å². The molecule has 1 amide bonds. The van der Waals surface area contributed by atoms with Crippen LogP contribution in [0.4, 0.5) is 0 Å². The molecule has 1 aliphatic rings. The number of benzene rings is 1. The van der Waals surface area contributed by atoms with Crippen molar-refractivity contribution in [1.29, 1.82) is 0 Å². The molecular formula is C21H34N4O2. The van der Waals surface area contributed by atoms with Crippen LogP contribution in [0.15, 0.2) is 23.2 Å². The zero-order valence-electron chi connectivity index (χ0n) is 16.9. The third-order valence-electron chi connectivity index (χ3n) is 4.64. The summed E-state index contributed by atoms with van der Waals surface area (Å²) in [7, 11) is 0. The summed E-state index contributed by atoms with van der Waals surface area (Å²) in [5.41, 5.74) is 2.23. The lowest BCUT2D eigenvalue weighted by molar-refractivity contribution is -0.121. The predicted molar refractivity (Wildman–Crippen MR) is 110 cm³/mol. The molecule has 1 saturated carbocycles. The van der Waals surface area contributed by atoms with E-state index in [4.69, 9.17) is 4.74 Å². The van der Waals surface area contributed by atoms with Crippen LogP contribution in [0, 0.1) is 6.92 Å². The summed E-state index contributed by atoms with van der Waals surface area (Å²) < 4.78 is 5.72. The van der Waals surface area contributed by atoms with E-state index in [2.05, 4.69) is 40.0 Å². The van der Waals surface area contributed by atoms with Crippen LogP contribution >= 0.6 is 0 Å². The second-order valence-electron chi connectivity index (χ2n) is 6.97. The maximum absolute atomic E-state index is 12.0. The third kappa shape index (κ3) is 7.49. The average Bonchev–Trinajstić information content (AvgIpc) is 3.14. The van der Waals surface area contributed by atoms with Crippen LogP contribution in [0.3, 0.4) is 0 Å². The Morgan fingerprint density at radius 3 is 2.70 bits per heavy atom. The minimum atomic E-state index is 0.113. The van der Waals surface area contributed by atoms with Crippen LogP contribution in [0.25, 0.3) is 0 Å². The molecule has 0 aliphatic heterocycles. The highest BCUT2D eigenvalue weighted by atomic mass is 16.5. The van der Waals surface area contributed by atoms with Crippen molar-refractivity contribution in [2.45, 2.75) is 65.5 Å². The number of amides is 1. The largest absolute Gasteiger partial charge is 0.494 e. The predicted octanol–water partition coefficient (Wildman–Crippen LogP) is 2.90. The Bertz CT molecular complexity index is 625. The first-order valence-corrected chi connectivity index (χ1v) is 10.2. The summed E-state index contributed by atoms with van der Waals surface area (Å²) in [6.07, 6.45) is 5.13. The van der Waals surface area contributed by atoms with E-state index in [1.807, 2.05) is 19.9 Å². The molecule has 0 bridgehead atoms. The smallest absolute Gasteiger partial charge is 0.221 e. The molecule has 0 radical (unpaired) electrons. The van der Waals surface area contributed by atoms with Gasteiger partial charge >= 0.3 is 0 Å². The second-order valence-corrected chi connectivity index (χ2v) is 6.97. The molecule has 3 N–H and O–H groups in total. The van der Waals surface area contributed by atoms with Crippen LogP contribution in [0.1, 0.15) is 57.1 Å². The lowest BCUT2D eigenvalue weighted by Gasteiger charge is -2.14. The molecule has 6 heteroatoms. The number of carbonyl (C=O) groups is 1. The van der Waals surface area contributed by atoms with Crippen molar-refractivity contribution < 1.29 is 9.53 Å². The van der Waals surface area contributed by atoms with Gasteiger partial charge < -0.3 is 20.7 Å². The maximum atomic E-state index is 12.0. The highest BCUT2D eigenvalue weighted by molar-refractivity contribution is 5.81. The van der Waals surface area contributed by atoms with Gasteiger partial charge in [0.2, 0.25) is 5.91 Å². The minimum Gasteiger partial charge on any atom is -0.494 e. The quantitative estimate of drug-likeness (QED) is 0.459. The van der Waals surface area contributed by atoms with Gasteiger partial charge in [-0.3, -0.25) is 4.79 Å². The zero-order chi connectivity index (χ0) is 19.5. The number of nitrogens with zero attached hydrogens (tertiary/aromatic N) is 1. The van der Waals surface area contributed by atoms with Crippen LogP contribution < -0.4 is 20.7 Å². The summed E-state index contributed by atoms with van der Waals surface area (Å²) in [6.45, 7) is 8.56. The van der Waals surface area contributed by atoms with E-state index in [0.717, 1.165) is 30.7 Å². The summed E-state index contributed by atoms with van der Waals surface area (Å²) in [4.78, 5) is 16.7. The number of rotatable bonds is 9. The Hall–Kier alpha value is -2.24. The number of hydrogen-bond acceptors (Lipinski definition) is 3. The van der Waals surface area contributed by atoms with Gasteiger partial charge in [-0.05, 0) is 45.2 Å². The van der Waals surface area contributed by atoms with Crippen molar-refractivity contribution in [2.75, 3.05) is 19.7 Å². The maximum Gasteiger partial charge on any atom is 0.221 e. The Labute approximate surface area is 163 Å². The lowest BCUT2D eigenvalue weighted by Crippen LogP contribution is -2.40. The normalized spacial score (nSPS) is 14.9. The molecule has 6 nitrogen and oxygen atoms in total. The number of nitrogens with one attached hydrogen (secondary N) is 3. The lowest BCUT2D eigenvalue weighted by atomic mass is 10.1. The van der Waals surface area contributed by atoms with Crippen molar-refractivity contribution in [3.8, 4) is 5.75 Å². The van der Waals surface area contributed by atoms with E-state index in [9.17, 15) is 4.79 Å². The fourth-order valence-corrected chi connectivity index (χ4v) is 3.25. The Balaban J connectivity index is 1.85. The number of ether oxygens (including phenoxy) is 1. The first-order valence-electron chi connectivity index (χ1n) is 10.2. The molecule has 1 aromatic rings. The Morgan fingerprint density at radius 1 is 1.22 bits per heavy atom. The standard InChI is InChI=1S/C21H34N4O2/c1-4-22-21(23-13-12-20(26)25-18-8-6-7-9-18)24-15-17-11-10-16(3)14-19(17)27-5-2/h10-11,14,18H,4-9,12-13,15H2,1-3H3,(H,25,26)(H2,22,23,24). The van der Waals surface area contributed by atoms with E-state index in [0.29, 0.717) is 38.1 Å². The highest BCUT2D eigenvalue weighted by Crippen LogP contribution is 2.21. The first-order chi connectivity index (χ1) is 13.1. The van der Waals surface area contributed by atoms with E-state index in [1.54, 1.807) is 0 Å². The summed E-state index contributed by atoms with van der Waals surface area (Å²) >= 11 is 0. The van der Waals surface area contributed by atoms with Crippen LogP contribution in [-0.4, -0.2) is 37.6 Å². The van der Waals surface area contributed by atoms with Crippen molar-refractivity contribution in [3.05, 3.63) is 29.3 Å². The van der Waals surface area contributed by atoms with E-state index >= 15 is 0 Å². The van der Waals surface area contributed by atoms with Gasteiger partial charge in [-0.2, -0.15) is 0 Å². The summed E-state index contributed by atoms with van der Waals surface area (Å²) in [5.74, 6) is 1.71. The summed E-state index contributed by atoms with van der Waals surface area (Å²) in [5, 5.41) is 9.59. The molecule has 1 aromatic carbocycles. The van der Waals surface area contributed by atoms with Gasteiger partial charge in [0, 0.05) is 31.1 Å². The highest BCUT2D eigenvalue weighted by Gasteiger charge is 2.16. The molecular weight excluding hydrogens is 340 g/mol. The molecule has 150 valence electrons. The number of guanidine groups is 1. The molecule has 0 aromatic heterocycles. The van der Waals surface area contributed by atoms with Crippen LogP contribution in [0.5, 0.6) is 5.75 Å². The second kappa shape index (κ2) is 11.5. The van der Waals surface area contributed by atoms with E-state index in [-0.39, 0.29) is 5.91 Å². The van der Waals surface area contributed by atoms with Crippen LogP contribution in [0.2, 0.25) is 0 Å². The molecule has 0 spiro atoms. The monoisotopic (exact) mass is 374 g/mol. The SMILES string of the molecule is CCNC(=NCc1ccc(C)cc1OCC)NCCC(=O)NC1CCCC1. The third-order valence-corrected chi connectivity index (χ3v) is 4.64. The fraction of sp³-hybridized carbons (Fsp3) is 0.619. The van der Waals surface area contributed by atoms with Crippen molar-refractivity contribution >= 4 is 11.9 Å². The van der Waals surface area contributed by atoms with Crippen molar-refractivity contribution in [1.82, 2.24) is 16.0 Å². The average molecular weight is 375 g/mol. The summed E-state index contributed by atoms with van der Waals surface area (Å²) in [6, 6.07) is 6.55. The van der Waals surface area contributed by atoms with Gasteiger partial charge in [-0.1, -0.05) is 25.0 Å². The molecule has 0 saturated heterocycles. The van der Waals surface area contributed by atoms with Crippen LogP contribution in [-0.2, 0) is 11.3 Å². The Morgan fingerprint density at radius 2 is 2.00 bits per heavy atom. The fourth-order valence-electron chi connectivity index (χ4n) is 3.25. The number of aryl methyl sites for hydroxylation is 1. The van der Waals surface area contributed by atoms with Gasteiger partial charge in [0.1, 0.15) is 5.75 Å². The van der Waals surface area contributed by atoms with Gasteiger partial charge in [0.25, 0.3) is 0 Å².